The number of hydrogen-bond acceptors (Lipinski definition) is 1. The third kappa shape index (κ3) is 3.45. The minimum atomic E-state index is -4.30. The Morgan fingerprint density at radius 2 is 1.71 bits per heavy atom. The van der Waals surface area contributed by atoms with E-state index in [1.54, 1.807) is 13.0 Å². The molecule has 0 heterocycles. The molecule has 2 aromatic carbocycles. The van der Waals surface area contributed by atoms with E-state index >= 15 is 0 Å². The monoisotopic (exact) mass is 293 g/mol. The molecule has 0 aliphatic carbocycles. The van der Waals surface area contributed by atoms with Crippen LogP contribution in [0.3, 0.4) is 0 Å². The fourth-order valence-corrected chi connectivity index (χ4v) is 2.53. The summed E-state index contributed by atoms with van der Waals surface area (Å²) in [6.07, 6.45) is -4.30. The highest BCUT2D eigenvalue weighted by Crippen LogP contribution is 2.33. The van der Waals surface area contributed by atoms with E-state index in [1.165, 1.54) is 6.07 Å². The summed E-state index contributed by atoms with van der Waals surface area (Å²) in [6, 6.07) is 11.8. The number of halogens is 3. The first-order chi connectivity index (χ1) is 9.82. The minimum absolute atomic E-state index is 0.118. The fraction of sp³-hybridized carbons (Fsp3) is 0.294. The number of alkyl halides is 3. The Hall–Kier alpha value is -1.81. The zero-order valence-corrected chi connectivity index (χ0v) is 12.3. The molecule has 4 heteroatoms. The molecule has 21 heavy (non-hydrogen) atoms. The molecule has 1 atom stereocenters. The van der Waals surface area contributed by atoms with E-state index in [-0.39, 0.29) is 6.04 Å². The van der Waals surface area contributed by atoms with Crippen LogP contribution in [0.2, 0.25) is 0 Å². The van der Waals surface area contributed by atoms with Crippen LogP contribution in [0.25, 0.3) is 0 Å². The van der Waals surface area contributed by atoms with Gasteiger partial charge in [0.25, 0.3) is 0 Å². The zero-order chi connectivity index (χ0) is 15.6. The molecule has 0 aliphatic rings. The molecular weight excluding hydrogens is 275 g/mol. The molecule has 0 saturated carbocycles. The SMILES string of the molecule is CNC(c1cccc(C)c1)c1ccc(C(F)(F)F)cc1C. The zero-order valence-electron chi connectivity index (χ0n) is 12.3. The van der Waals surface area contributed by atoms with E-state index in [9.17, 15) is 13.2 Å². The van der Waals surface area contributed by atoms with Gasteiger partial charge in [-0.1, -0.05) is 35.9 Å². The van der Waals surface area contributed by atoms with Crippen LogP contribution in [0.4, 0.5) is 13.2 Å². The van der Waals surface area contributed by atoms with Gasteiger partial charge in [-0.3, -0.25) is 0 Å². The van der Waals surface area contributed by atoms with Crippen LogP contribution in [0.1, 0.15) is 33.9 Å². The van der Waals surface area contributed by atoms with Crippen molar-refractivity contribution in [2.24, 2.45) is 0 Å². The predicted octanol–water partition coefficient (Wildman–Crippen LogP) is 4.63. The lowest BCUT2D eigenvalue weighted by Gasteiger charge is -2.21. The highest BCUT2D eigenvalue weighted by atomic mass is 19.4. The van der Waals surface area contributed by atoms with E-state index in [0.717, 1.165) is 22.8 Å². The number of nitrogens with one attached hydrogen (secondary N) is 1. The molecule has 0 saturated heterocycles. The Morgan fingerprint density at radius 1 is 1.00 bits per heavy atom. The van der Waals surface area contributed by atoms with Crippen molar-refractivity contribution in [2.75, 3.05) is 7.05 Å². The lowest BCUT2D eigenvalue weighted by Crippen LogP contribution is -2.19. The second-order valence-electron chi connectivity index (χ2n) is 5.20. The normalized spacial score (nSPS) is 13.2. The van der Waals surface area contributed by atoms with Crippen LogP contribution >= 0.6 is 0 Å². The first kappa shape index (κ1) is 15.6. The van der Waals surface area contributed by atoms with Crippen molar-refractivity contribution in [2.45, 2.75) is 26.1 Å². The van der Waals surface area contributed by atoms with Gasteiger partial charge < -0.3 is 5.32 Å². The molecule has 1 N–H and O–H groups in total. The Kier molecular flexibility index (Phi) is 4.37. The Bertz CT molecular complexity index is 632. The van der Waals surface area contributed by atoms with Crippen molar-refractivity contribution < 1.29 is 13.2 Å². The quantitative estimate of drug-likeness (QED) is 0.870. The molecule has 0 bridgehead atoms. The second-order valence-corrected chi connectivity index (χ2v) is 5.20. The minimum Gasteiger partial charge on any atom is -0.309 e. The molecular formula is C17H18F3N. The molecule has 2 aromatic rings. The van der Waals surface area contributed by atoms with Crippen LogP contribution in [0.5, 0.6) is 0 Å². The molecule has 0 fully saturated rings. The molecule has 2 rings (SSSR count). The molecule has 1 unspecified atom stereocenters. The van der Waals surface area contributed by atoms with E-state index in [2.05, 4.69) is 5.32 Å². The third-order valence-electron chi connectivity index (χ3n) is 3.57. The van der Waals surface area contributed by atoms with E-state index in [4.69, 9.17) is 0 Å². The van der Waals surface area contributed by atoms with Crippen molar-refractivity contribution in [3.8, 4) is 0 Å². The smallest absolute Gasteiger partial charge is 0.309 e. The fourth-order valence-electron chi connectivity index (χ4n) is 2.53. The van der Waals surface area contributed by atoms with Gasteiger partial charge >= 0.3 is 6.18 Å². The van der Waals surface area contributed by atoms with Crippen molar-refractivity contribution in [1.82, 2.24) is 5.32 Å². The number of rotatable bonds is 3. The van der Waals surface area contributed by atoms with Gasteiger partial charge in [-0.25, -0.2) is 0 Å². The highest BCUT2D eigenvalue weighted by molar-refractivity contribution is 5.40. The van der Waals surface area contributed by atoms with Gasteiger partial charge in [0.05, 0.1) is 11.6 Å². The van der Waals surface area contributed by atoms with Gasteiger partial charge in [0.15, 0.2) is 0 Å². The number of hydrogen-bond donors (Lipinski definition) is 1. The summed E-state index contributed by atoms with van der Waals surface area (Å²) in [5.74, 6) is 0. The van der Waals surface area contributed by atoms with Crippen molar-refractivity contribution in [3.05, 3.63) is 70.3 Å². The molecule has 1 nitrogen and oxygen atoms in total. The molecule has 0 amide bonds. The molecule has 0 spiro atoms. The van der Waals surface area contributed by atoms with Gasteiger partial charge in [-0.15, -0.1) is 0 Å². The standard InChI is InChI=1S/C17H18F3N/c1-11-5-4-6-13(9-11)16(21-3)15-8-7-14(10-12(15)2)17(18,19)20/h4-10,16,21H,1-3H3. The van der Waals surface area contributed by atoms with Crippen molar-refractivity contribution in [1.29, 1.82) is 0 Å². The van der Waals surface area contributed by atoms with Crippen molar-refractivity contribution >= 4 is 0 Å². The molecule has 112 valence electrons. The average Bonchev–Trinajstić information content (AvgIpc) is 2.40. The summed E-state index contributed by atoms with van der Waals surface area (Å²) in [4.78, 5) is 0. The van der Waals surface area contributed by atoms with E-state index in [0.29, 0.717) is 5.56 Å². The highest BCUT2D eigenvalue weighted by Gasteiger charge is 2.31. The Labute approximate surface area is 122 Å². The Morgan fingerprint density at radius 3 is 2.24 bits per heavy atom. The maximum atomic E-state index is 12.7. The van der Waals surface area contributed by atoms with Gasteiger partial charge in [0, 0.05) is 0 Å². The van der Waals surface area contributed by atoms with E-state index in [1.807, 2.05) is 38.2 Å². The second kappa shape index (κ2) is 5.90. The van der Waals surface area contributed by atoms with Crippen LogP contribution in [0, 0.1) is 13.8 Å². The summed E-state index contributed by atoms with van der Waals surface area (Å²) in [5, 5.41) is 3.18. The van der Waals surface area contributed by atoms with Crippen molar-refractivity contribution in [3.63, 3.8) is 0 Å². The number of aryl methyl sites for hydroxylation is 2. The summed E-state index contributed by atoms with van der Waals surface area (Å²) in [7, 11) is 1.81. The summed E-state index contributed by atoms with van der Waals surface area (Å²) < 4.78 is 38.2. The lowest BCUT2D eigenvalue weighted by atomic mass is 9.93. The van der Waals surface area contributed by atoms with Gasteiger partial charge in [0.1, 0.15) is 0 Å². The van der Waals surface area contributed by atoms with Gasteiger partial charge in [0.2, 0.25) is 0 Å². The average molecular weight is 293 g/mol. The lowest BCUT2D eigenvalue weighted by molar-refractivity contribution is -0.137. The van der Waals surface area contributed by atoms with Gasteiger partial charge in [-0.2, -0.15) is 13.2 Å². The number of benzene rings is 2. The predicted molar refractivity (Wildman–Crippen MR) is 78.3 cm³/mol. The largest absolute Gasteiger partial charge is 0.416 e. The third-order valence-corrected chi connectivity index (χ3v) is 3.57. The van der Waals surface area contributed by atoms with Gasteiger partial charge in [-0.05, 0) is 49.7 Å². The Balaban J connectivity index is 2.44. The van der Waals surface area contributed by atoms with E-state index < -0.39 is 11.7 Å². The maximum Gasteiger partial charge on any atom is 0.416 e. The summed E-state index contributed by atoms with van der Waals surface area (Å²) in [6.45, 7) is 3.71. The van der Waals surface area contributed by atoms with Crippen LogP contribution in [0.15, 0.2) is 42.5 Å². The van der Waals surface area contributed by atoms with Crippen LogP contribution in [-0.4, -0.2) is 7.05 Å². The maximum absolute atomic E-state index is 12.7. The molecule has 0 aromatic heterocycles. The summed E-state index contributed by atoms with van der Waals surface area (Å²) >= 11 is 0. The van der Waals surface area contributed by atoms with Crippen LogP contribution < -0.4 is 5.32 Å². The molecule has 0 radical (unpaired) electrons. The summed E-state index contributed by atoms with van der Waals surface area (Å²) in [5.41, 5.74) is 3.04. The topological polar surface area (TPSA) is 12.0 Å². The molecule has 0 aliphatic heterocycles. The first-order valence-corrected chi connectivity index (χ1v) is 6.74. The van der Waals surface area contributed by atoms with Crippen LogP contribution in [-0.2, 0) is 6.18 Å². The first-order valence-electron chi connectivity index (χ1n) is 6.74.